The highest BCUT2D eigenvalue weighted by Crippen LogP contribution is 2.51. The van der Waals surface area contributed by atoms with Crippen molar-refractivity contribution >= 4 is 36.6 Å². The Morgan fingerprint density at radius 3 is 2.60 bits per heavy atom. The number of hydrogen-bond acceptors (Lipinski definition) is 6. The number of para-hydroxylation sites is 1. The first kappa shape index (κ1) is 30.0. The van der Waals surface area contributed by atoms with Crippen LogP contribution in [0.15, 0.2) is 65.3 Å². The standard InChI is InChI=1S/C34H39BClNO6/c1-21(16-22-13-14-25(38)18-29(22)36)12-15-30-31-23(20-42-26-10-6-3-7-11-26)17-27-32(28(31)19-35(41)43-30)34(40)37(33(27)39)24-8-4-2-5-9-24/h3,6-7,10-11,13-14,16,18,24,27-28,30,32,38,41H,2,4-5,8-9,12,15,17,19-20H2,1H3/b21-16+/t27-,28+,30-,32-/m1/s1. The van der Waals surface area contributed by atoms with Crippen LogP contribution in [0.1, 0.15) is 63.9 Å². The van der Waals surface area contributed by atoms with Crippen LogP contribution in [0.25, 0.3) is 6.08 Å². The first-order valence-corrected chi connectivity index (χ1v) is 15.9. The average Bonchev–Trinajstić information content (AvgIpc) is 3.26. The first-order valence-electron chi connectivity index (χ1n) is 15.6. The van der Waals surface area contributed by atoms with E-state index in [1.807, 2.05) is 43.3 Å². The van der Waals surface area contributed by atoms with Crippen molar-refractivity contribution in [2.75, 3.05) is 6.61 Å². The minimum absolute atomic E-state index is 0.0214. The minimum atomic E-state index is -1.02. The average molecular weight is 604 g/mol. The highest BCUT2D eigenvalue weighted by atomic mass is 35.5. The quantitative estimate of drug-likeness (QED) is 0.205. The van der Waals surface area contributed by atoms with E-state index in [-0.39, 0.29) is 35.8 Å². The van der Waals surface area contributed by atoms with Crippen molar-refractivity contribution in [2.24, 2.45) is 17.8 Å². The van der Waals surface area contributed by atoms with Crippen molar-refractivity contribution < 1.29 is 29.1 Å². The van der Waals surface area contributed by atoms with Crippen molar-refractivity contribution in [3.8, 4) is 11.5 Å². The van der Waals surface area contributed by atoms with Crippen LogP contribution >= 0.6 is 11.6 Å². The third kappa shape index (κ3) is 6.28. The molecule has 0 aromatic heterocycles. The van der Waals surface area contributed by atoms with Gasteiger partial charge in [0.25, 0.3) is 0 Å². The van der Waals surface area contributed by atoms with E-state index in [1.165, 1.54) is 6.07 Å². The highest BCUT2D eigenvalue weighted by Gasteiger charge is 2.58. The summed E-state index contributed by atoms with van der Waals surface area (Å²) in [7, 11) is -1.02. The third-order valence-electron chi connectivity index (χ3n) is 9.62. The summed E-state index contributed by atoms with van der Waals surface area (Å²) in [6.45, 7) is 2.32. The molecule has 0 bridgehead atoms. The number of carbonyl (C=O) groups is 2. The molecular weight excluding hydrogens is 565 g/mol. The molecule has 0 radical (unpaired) electrons. The fraction of sp³-hybridized carbons (Fsp3) is 0.471. The van der Waals surface area contributed by atoms with Crippen LogP contribution in [0.4, 0.5) is 0 Å². The fourth-order valence-electron chi connectivity index (χ4n) is 7.64. The lowest BCUT2D eigenvalue weighted by Gasteiger charge is -2.43. The second kappa shape index (κ2) is 12.9. The topological polar surface area (TPSA) is 96.3 Å². The van der Waals surface area contributed by atoms with Crippen molar-refractivity contribution in [1.82, 2.24) is 4.90 Å². The van der Waals surface area contributed by atoms with Gasteiger partial charge in [0.1, 0.15) is 18.1 Å². The monoisotopic (exact) mass is 603 g/mol. The number of likely N-dealkylation sites (tertiary alicyclic amines) is 1. The van der Waals surface area contributed by atoms with Gasteiger partial charge in [-0.25, -0.2) is 0 Å². The van der Waals surface area contributed by atoms with E-state index in [9.17, 15) is 19.7 Å². The number of allylic oxidation sites excluding steroid dienone is 1. The van der Waals surface area contributed by atoms with Gasteiger partial charge in [-0.05, 0) is 98.3 Å². The molecule has 7 nitrogen and oxygen atoms in total. The van der Waals surface area contributed by atoms with Crippen molar-refractivity contribution in [3.63, 3.8) is 0 Å². The van der Waals surface area contributed by atoms with Crippen LogP contribution in [0, 0.1) is 17.8 Å². The number of hydrogen-bond donors (Lipinski definition) is 2. The van der Waals surface area contributed by atoms with Crippen LogP contribution in [0.3, 0.4) is 0 Å². The second-order valence-electron chi connectivity index (χ2n) is 12.5. The lowest BCUT2D eigenvalue weighted by molar-refractivity contribution is -0.143. The van der Waals surface area contributed by atoms with E-state index in [1.54, 1.807) is 17.0 Å². The molecule has 226 valence electrons. The number of benzene rings is 2. The maximum Gasteiger partial charge on any atom is 0.455 e. The molecule has 0 unspecified atom stereocenters. The van der Waals surface area contributed by atoms with E-state index in [2.05, 4.69) is 0 Å². The Labute approximate surface area is 258 Å². The summed E-state index contributed by atoms with van der Waals surface area (Å²) in [6, 6.07) is 14.5. The van der Waals surface area contributed by atoms with E-state index in [0.717, 1.165) is 60.1 Å². The molecule has 2 aromatic rings. The SMILES string of the molecule is C/C(=C\c1ccc(O)cc1Cl)CC[C@H]1OB(O)C[C@H]2C1=C(COc1ccccc1)C[C@H]1C(=O)N(C3CCCCC3)C(=O)[C@H]12. The summed E-state index contributed by atoms with van der Waals surface area (Å²) in [6.07, 6.45) is 8.57. The zero-order valence-electron chi connectivity index (χ0n) is 24.6. The van der Waals surface area contributed by atoms with Crippen molar-refractivity contribution in [2.45, 2.75) is 76.8 Å². The molecule has 1 saturated carbocycles. The van der Waals surface area contributed by atoms with Gasteiger partial charge in [0.05, 0.1) is 23.0 Å². The smallest absolute Gasteiger partial charge is 0.455 e. The van der Waals surface area contributed by atoms with Gasteiger partial charge in [0, 0.05) is 6.04 Å². The van der Waals surface area contributed by atoms with Gasteiger partial charge in [-0.2, -0.15) is 0 Å². The number of phenolic OH excluding ortho intramolecular Hbond substituents is 1. The predicted octanol–water partition coefficient (Wildman–Crippen LogP) is 6.44. The Kier molecular flexibility index (Phi) is 8.99. The molecule has 2 N–H and O–H groups in total. The lowest BCUT2D eigenvalue weighted by atomic mass is 9.58. The van der Waals surface area contributed by atoms with E-state index >= 15 is 0 Å². The van der Waals surface area contributed by atoms with Crippen LogP contribution in [-0.4, -0.2) is 52.7 Å². The van der Waals surface area contributed by atoms with Gasteiger partial charge in [0.15, 0.2) is 0 Å². The van der Waals surface area contributed by atoms with E-state index in [0.29, 0.717) is 30.9 Å². The molecule has 4 aliphatic rings. The molecule has 4 atom stereocenters. The van der Waals surface area contributed by atoms with Gasteiger partial charge in [-0.1, -0.05) is 60.7 Å². The lowest BCUT2D eigenvalue weighted by Crippen LogP contribution is -2.47. The molecule has 6 rings (SSSR count). The van der Waals surface area contributed by atoms with Gasteiger partial charge in [0.2, 0.25) is 11.8 Å². The summed E-state index contributed by atoms with van der Waals surface area (Å²) in [5.41, 5.74) is 3.90. The largest absolute Gasteiger partial charge is 0.508 e. The number of nitrogens with zero attached hydrogens (tertiary/aromatic N) is 1. The van der Waals surface area contributed by atoms with Crippen LogP contribution in [0.2, 0.25) is 11.3 Å². The summed E-state index contributed by atoms with van der Waals surface area (Å²) < 4.78 is 12.4. The predicted molar refractivity (Wildman–Crippen MR) is 166 cm³/mol. The minimum Gasteiger partial charge on any atom is -0.508 e. The fourth-order valence-corrected chi connectivity index (χ4v) is 7.87. The summed E-state index contributed by atoms with van der Waals surface area (Å²) in [5.74, 6) is -0.448. The Morgan fingerprint density at radius 1 is 1.09 bits per heavy atom. The number of aromatic hydroxyl groups is 1. The molecule has 2 amide bonds. The first-order chi connectivity index (χ1) is 20.8. The molecule has 9 heteroatoms. The maximum absolute atomic E-state index is 14.0. The third-order valence-corrected chi connectivity index (χ3v) is 9.95. The Balaban J connectivity index is 1.29. The highest BCUT2D eigenvalue weighted by molar-refractivity contribution is 6.43. The Morgan fingerprint density at radius 2 is 1.86 bits per heavy atom. The number of imide groups is 1. The van der Waals surface area contributed by atoms with Crippen LogP contribution in [-0.2, 0) is 14.2 Å². The van der Waals surface area contributed by atoms with Crippen LogP contribution in [0.5, 0.6) is 11.5 Å². The molecular formula is C34H39BClNO6. The molecule has 0 spiro atoms. The number of rotatable bonds is 8. The molecule has 2 aromatic carbocycles. The number of amides is 2. The Hall–Kier alpha value is -3.07. The number of fused-ring (bicyclic) bond motifs is 3. The van der Waals surface area contributed by atoms with Crippen molar-refractivity contribution in [1.29, 1.82) is 0 Å². The zero-order chi connectivity index (χ0) is 30.1. The summed E-state index contributed by atoms with van der Waals surface area (Å²) >= 11 is 6.33. The number of phenols is 1. The Bertz CT molecular complexity index is 1420. The summed E-state index contributed by atoms with van der Waals surface area (Å²) in [4.78, 5) is 29.5. The molecule has 2 aliphatic carbocycles. The van der Waals surface area contributed by atoms with Gasteiger partial charge in [-0.15, -0.1) is 0 Å². The normalized spacial score (nSPS) is 26.5. The van der Waals surface area contributed by atoms with Crippen LogP contribution < -0.4 is 4.74 Å². The molecule has 2 heterocycles. The van der Waals surface area contributed by atoms with E-state index in [4.69, 9.17) is 21.0 Å². The zero-order valence-corrected chi connectivity index (χ0v) is 25.3. The van der Waals surface area contributed by atoms with Gasteiger partial charge in [-0.3, -0.25) is 14.5 Å². The molecule has 43 heavy (non-hydrogen) atoms. The molecule has 2 aliphatic heterocycles. The van der Waals surface area contributed by atoms with Gasteiger partial charge < -0.3 is 19.5 Å². The number of ether oxygens (including phenoxy) is 1. The molecule has 3 fully saturated rings. The molecule has 2 saturated heterocycles. The number of carbonyl (C=O) groups excluding carboxylic acids is 2. The number of halogens is 1. The van der Waals surface area contributed by atoms with Crippen molar-refractivity contribution in [3.05, 3.63) is 75.8 Å². The van der Waals surface area contributed by atoms with E-state index < -0.39 is 25.1 Å². The summed E-state index contributed by atoms with van der Waals surface area (Å²) in [5, 5.41) is 21.1. The second-order valence-corrected chi connectivity index (χ2v) is 12.9. The maximum atomic E-state index is 14.0. The van der Waals surface area contributed by atoms with Gasteiger partial charge >= 0.3 is 7.12 Å².